The molecule has 1 fully saturated rings. The van der Waals surface area contributed by atoms with Crippen molar-refractivity contribution in [3.05, 3.63) is 35.4 Å². The largest absolute Gasteiger partial charge is 0.370 e. The van der Waals surface area contributed by atoms with Crippen LogP contribution in [0.25, 0.3) is 0 Å². The normalized spacial score (nSPS) is 21.7. The van der Waals surface area contributed by atoms with Gasteiger partial charge in [0.1, 0.15) is 0 Å². The maximum Gasteiger partial charge on any atom is 0.252 e. The van der Waals surface area contributed by atoms with Gasteiger partial charge in [0.25, 0.3) is 5.91 Å². The fourth-order valence-electron chi connectivity index (χ4n) is 2.17. The number of rotatable bonds is 3. The second-order valence-electron chi connectivity index (χ2n) is 5.14. The lowest BCUT2D eigenvalue weighted by Gasteiger charge is -2.06. The van der Waals surface area contributed by atoms with Crippen molar-refractivity contribution in [2.45, 2.75) is 32.1 Å². The average Bonchev–Trinajstić information content (AvgIpc) is 3.08. The van der Waals surface area contributed by atoms with Gasteiger partial charge in [0, 0.05) is 5.92 Å². The number of hydrogen-bond acceptors (Lipinski definition) is 1. The number of hydrogen-bond donors (Lipinski definition) is 2. The quantitative estimate of drug-likeness (QED) is 0.628. The van der Waals surface area contributed by atoms with Crippen LogP contribution in [-0.2, 0) is 4.79 Å². The summed E-state index contributed by atoms with van der Waals surface area (Å²) >= 11 is 0. The molecule has 0 radical (unpaired) electrons. The number of nitrogens with zero attached hydrogens (tertiary/aromatic N) is 1. The monoisotopic (exact) mass is 245 g/mol. The first-order chi connectivity index (χ1) is 8.49. The van der Waals surface area contributed by atoms with E-state index in [4.69, 9.17) is 11.5 Å². The molecule has 0 saturated heterocycles. The lowest BCUT2D eigenvalue weighted by atomic mass is 10.00. The fraction of sp³-hybridized carbons (Fsp3) is 0.429. The van der Waals surface area contributed by atoms with E-state index >= 15 is 0 Å². The molecule has 0 unspecified atom stereocenters. The summed E-state index contributed by atoms with van der Waals surface area (Å²) in [4.78, 5) is 15.2. The predicted molar refractivity (Wildman–Crippen MR) is 72.2 cm³/mol. The van der Waals surface area contributed by atoms with Gasteiger partial charge in [-0.05, 0) is 29.4 Å². The molecule has 1 aliphatic carbocycles. The third-order valence-electron chi connectivity index (χ3n) is 3.38. The summed E-state index contributed by atoms with van der Waals surface area (Å²) < 4.78 is 0. The zero-order chi connectivity index (χ0) is 13.3. The molecule has 1 amide bonds. The maximum atomic E-state index is 11.6. The summed E-state index contributed by atoms with van der Waals surface area (Å²) in [5.41, 5.74) is 12.9. The first-order valence-corrected chi connectivity index (χ1v) is 6.22. The van der Waals surface area contributed by atoms with E-state index < -0.39 is 0 Å². The molecule has 4 N–H and O–H groups in total. The summed E-state index contributed by atoms with van der Waals surface area (Å²) in [5.74, 6) is 0.407. The van der Waals surface area contributed by atoms with Gasteiger partial charge in [0.05, 0.1) is 0 Å². The van der Waals surface area contributed by atoms with E-state index in [0.29, 0.717) is 5.92 Å². The van der Waals surface area contributed by atoms with E-state index in [2.05, 4.69) is 43.1 Å². The highest BCUT2D eigenvalue weighted by Gasteiger charge is 2.43. The van der Waals surface area contributed by atoms with E-state index in [1.54, 1.807) is 0 Å². The van der Waals surface area contributed by atoms with E-state index in [9.17, 15) is 4.79 Å². The van der Waals surface area contributed by atoms with Crippen molar-refractivity contribution < 1.29 is 4.79 Å². The van der Waals surface area contributed by atoms with Gasteiger partial charge in [-0.3, -0.25) is 4.79 Å². The number of aliphatic imine (C=N–C) groups is 1. The van der Waals surface area contributed by atoms with Crippen LogP contribution in [0, 0.1) is 5.92 Å². The van der Waals surface area contributed by atoms with Gasteiger partial charge in [-0.15, -0.1) is 0 Å². The van der Waals surface area contributed by atoms with Gasteiger partial charge < -0.3 is 11.5 Å². The minimum Gasteiger partial charge on any atom is -0.370 e. The van der Waals surface area contributed by atoms with E-state index in [0.717, 1.165) is 6.42 Å². The molecule has 2 rings (SSSR count). The minimum absolute atomic E-state index is 0.0444. The molecule has 1 aliphatic rings. The Kier molecular flexibility index (Phi) is 3.36. The molecule has 0 aliphatic heterocycles. The number of carbonyl (C=O) groups excluding carboxylic acids is 1. The van der Waals surface area contributed by atoms with E-state index in [1.165, 1.54) is 11.1 Å². The molecular formula is C14H19N3O. The molecule has 2 atom stereocenters. The Bertz CT molecular complexity index is 472. The van der Waals surface area contributed by atoms with Crippen LogP contribution < -0.4 is 11.5 Å². The molecule has 4 nitrogen and oxygen atoms in total. The maximum absolute atomic E-state index is 11.6. The summed E-state index contributed by atoms with van der Waals surface area (Å²) in [6.07, 6.45) is 0.844. The Labute approximate surface area is 107 Å². The third kappa shape index (κ3) is 2.70. The molecule has 0 bridgehead atoms. The number of guanidine groups is 1. The van der Waals surface area contributed by atoms with E-state index in [-0.39, 0.29) is 23.7 Å². The Morgan fingerprint density at radius 1 is 1.28 bits per heavy atom. The molecule has 96 valence electrons. The highest BCUT2D eigenvalue weighted by molar-refractivity contribution is 5.94. The van der Waals surface area contributed by atoms with Crippen LogP contribution in [0.3, 0.4) is 0 Å². The average molecular weight is 245 g/mol. The van der Waals surface area contributed by atoms with Gasteiger partial charge in [-0.25, -0.2) is 0 Å². The van der Waals surface area contributed by atoms with Crippen molar-refractivity contribution in [1.29, 1.82) is 0 Å². The zero-order valence-electron chi connectivity index (χ0n) is 10.8. The lowest BCUT2D eigenvalue weighted by molar-refractivity contribution is -0.119. The van der Waals surface area contributed by atoms with Gasteiger partial charge in [0.2, 0.25) is 0 Å². The minimum atomic E-state index is -0.201. The SMILES string of the molecule is CC(C)c1ccc([C@H]2C[C@@H]2C(=O)N=C(N)N)cc1. The standard InChI is InChI=1S/C14H19N3O/c1-8(2)9-3-5-10(6-4-9)11-7-12(11)13(18)17-14(15)16/h3-6,8,11-12H,7H2,1-2H3,(H4,15,16,17,18)/t11-,12+/m1/s1. The van der Waals surface area contributed by atoms with Crippen molar-refractivity contribution in [2.24, 2.45) is 22.4 Å². The second-order valence-corrected chi connectivity index (χ2v) is 5.14. The highest BCUT2D eigenvalue weighted by Crippen LogP contribution is 2.48. The van der Waals surface area contributed by atoms with Crippen molar-refractivity contribution in [3.8, 4) is 0 Å². The summed E-state index contributed by atoms with van der Waals surface area (Å²) in [5, 5.41) is 0. The molecule has 0 spiro atoms. The molecule has 0 heterocycles. The molecule has 1 aromatic rings. The van der Waals surface area contributed by atoms with Gasteiger partial charge in [-0.1, -0.05) is 38.1 Å². The van der Waals surface area contributed by atoms with Crippen LogP contribution in [0.4, 0.5) is 0 Å². The molecular weight excluding hydrogens is 226 g/mol. The van der Waals surface area contributed by atoms with Crippen molar-refractivity contribution in [3.63, 3.8) is 0 Å². The third-order valence-corrected chi connectivity index (χ3v) is 3.38. The topological polar surface area (TPSA) is 81.5 Å². The van der Waals surface area contributed by atoms with Crippen LogP contribution >= 0.6 is 0 Å². The number of carbonyl (C=O) groups is 1. The van der Waals surface area contributed by atoms with E-state index in [1.807, 2.05) is 0 Å². The summed E-state index contributed by atoms with van der Waals surface area (Å²) in [7, 11) is 0. The van der Waals surface area contributed by atoms with Gasteiger partial charge in [0.15, 0.2) is 5.96 Å². The lowest BCUT2D eigenvalue weighted by Crippen LogP contribution is -2.24. The number of benzene rings is 1. The Morgan fingerprint density at radius 2 is 1.89 bits per heavy atom. The van der Waals surface area contributed by atoms with Crippen LogP contribution in [0.1, 0.15) is 43.2 Å². The second kappa shape index (κ2) is 4.80. The smallest absolute Gasteiger partial charge is 0.252 e. The van der Waals surface area contributed by atoms with Gasteiger partial charge >= 0.3 is 0 Å². The van der Waals surface area contributed by atoms with Crippen molar-refractivity contribution >= 4 is 11.9 Å². The Balaban J connectivity index is 2.03. The molecule has 0 aromatic heterocycles. The summed E-state index contributed by atoms with van der Waals surface area (Å²) in [6.45, 7) is 4.33. The van der Waals surface area contributed by atoms with Crippen LogP contribution in [0.15, 0.2) is 29.3 Å². The first-order valence-electron chi connectivity index (χ1n) is 6.22. The molecule has 4 heteroatoms. The van der Waals surface area contributed by atoms with Gasteiger partial charge in [-0.2, -0.15) is 4.99 Å². The summed E-state index contributed by atoms with van der Waals surface area (Å²) in [6, 6.07) is 8.45. The first kappa shape index (κ1) is 12.6. The zero-order valence-corrected chi connectivity index (χ0v) is 10.8. The Morgan fingerprint density at radius 3 is 2.39 bits per heavy atom. The van der Waals surface area contributed by atoms with Crippen LogP contribution in [0.2, 0.25) is 0 Å². The molecule has 1 aromatic carbocycles. The molecule has 18 heavy (non-hydrogen) atoms. The van der Waals surface area contributed by atoms with Crippen molar-refractivity contribution in [2.75, 3.05) is 0 Å². The number of amides is 1. The van der Waals surface area contributed by atoms with Crippen LogP contribution in [-0.4, -0.2) is 11.9 Å². The van der Waals surface area contributed by atoms with Crippen molar-refractivity contribution in [1.82, 2.24) is 0 Å². The number of nitrogens with two attached hydrogens (primary N) is 2. The highest BCUT2D eigenvalue weighted by atomic mass is 16.1. The predicted octanol–water partition coefficient (Wildman–Crippen LogP) is 1.71. The molecule has 1 saturated carbocycles. The van der Waals surface area contributed by atoms with Crippen LogP contribution in [0.5, 0.6) is 0 Å². The Hall–Kier alpha value is -1.84. The fourth-order valence-corrected chi connectivity index (χ4v) is 2.17.